The molecule has 158 valence electrons. The van der Waals surface area contributed by atoms with E-state index >= 15 is 0 Å². The summed E-state index contributed by atoms with van der Waals surface area (Å²) in [6.07, 6.45) is 1.78. The van der Waals surface area contributed by atoms with E-state index < -0.39 is 11.5 Å². The second-order valence-electron chi connectivity index (χ2n) is 7.98. The summed E-state index contributed by atoms with van der Waals surface area (Å²) >= 11 is 0. The molecule has 1 atom stereocenters. The van der Waals surface area contributed by atoms with Crippen LogP contribution in [0.1, 0.15) is 30.0 Å². The monoisotopic (exact) mass is 417 g/mol. The molecular weight excluding hydrogens is 394 g/mol. The topological polar surface area (TPSA) is 70.2 Å². The zero-order valence-corrected chi connectivity index (χ0v) is 17.5. The van der Waals surface area contributed by atoms with Gasteiger partial charge in [-0.1, -0.05) is 48.0 Å². The average Bonchev–Trinajstić information content (AvgIpc) is 3.37. The van der Waals surface area contributed by atoms with Crippen molar-refractivity contribution in [2.24, 2.45) is 0 Å². The number of ether oxygens (including phenoxy) is 1. The number of carbonyl (C=O) groups is 3. The highest BCUT2D eigenvalue weighted by molar-refractivity contribution is 6.16. The molecule has 0 saturated carbocycles. The summed E-state index contributed by atoms with van der Waals surface area (Å²) in [4.78, 5) is 41.4. The summed E-state index contributed by atoms with van der Waals surface area (Å²) in [6, 6.07) is 15.5. The van der Waals surface area contributed by atoms with Gasteiger partial charge in [-0.15, -0.1) is 0 Å². The molecule has 0 aliphatic carbocycles. The van der Waals surface area contributed by atoms with E-state index in [0.29, 0.717) is 25.1 Å². The highest BCUT2D eigenvalue weighted by Crippen LogP contribution is 2.54. The van der Waals surface area contributed by atoms with E-state index in [2.05, 4.69) is 0 Å². The van der Waals surface area contributed by atoms with Crippen LogP contribution in [-0.4, -0.2) is 41.0 Å². The minimum absolute atomic E-state index is 0.137. The molecule has 2 aromatic rings. The predicted octanol–water partition coefficient (Wildman–Crippen LogP) is 2.65. The molecule has 31 heavy (non-hydrogen) atoms. The quantitative estimate of drug-likeness (QED) is 0.716. The SMILES string of the molecule is CCOC(=O)C1=CN2C(=O)CCN2C12C(=O)N(Cc1ccccc1)c1ccc(C)cc12. The molecule has 1 unspecified atom stereocenters. The maximum absolute atomic E-state index is 14.2. The Bertz CT molecular complexity index is 1130. The largest absolute Gasteiger partial charge is 0.463 e. The third kappa shape index (κ3) is 2.66. The van der Waals surface area contributed by atoms with E-state index in [4.69, 9.17) is 4.74 Å². The van der Waals surface area contributed by atoms with Gasteiger partial charge in [-0.05, 0) is 25.5 Å². The molecule has 2 amide bonds. The van der Waals surface area contributed by atoms with Crippen LogP contribution in [0.25, 0.3) is 0 Å². The molecule has 7 heteroatoms. The average molecular weight is 417 g/mol. The van der Waals surface area contributed by atoms with Crippen LogP contribution >= 0.6 is 0 Å². The van der Waals surface area contributed by atoms with Crippen molar-refractivity contribution in [3.8, 4) is 0 Å². The number of rotatable bonds is 4. The van der Waals surface area contributed by atoms with Crippen molar-refractivity contribution in [2.45, 2.75) is 32.4 Å². The fraction of sp³-hybridized carbons (Fsp3) is 0.292. The second-order valence-corrected chi connectivity index (χ2v) is 7.98. The van der Waals surface area contributed by atoms with Gasteiger partial charge in [0.05, 0.1) is 24.4 Å². The lowest BCUT2D eigenvalue weighted by atomic mass is 9.83. The van der Waals surface area contributed by atoms with Gasteiger partial charge >= 0.3 is 5.97 Å². The Morgan fingerprint density at radius 3 is 2.65 bits per heavy atom. The normalized spacial score (nSPS) is 22.2. The van der Waals surface area contributed by atoms with Gasteiger partial charge in [-0.3, -0.25) is 9.59 Å². The molecule has 2 aromatic carbocycles. The van der Waals surface area contributed by atoms with E-state index in [0.717, 1.165) is 16.8 Å². The van der Waals surface area contributed by atoms with Crippen molar-refractivity contribution < 1.29 is 19.1 Å². The van der Waals surface area contributed by atoms with Crippen LogP contribution in [0.5, 0.6) is 0 Å². The zero-order valence-electron chi connectivity index (χ0n) is 17.5. The molecule has 5 rings (SSSR count). The van der Waals surface area contributed by atoms with Crippen molar-refractivity contribution in [1.29, 1.82) is 0 Å². The minimum atomic E-state index is -1.39. The van der Waals surface area contributed by atoms with Gasteiger partial charge in [-0.2, -0.15) is 5.01 Å². The first-order chi connectivity index (χ1) is 15.0. The predicted molar refractivity (Wildman–Crippen MR) is 113 cm³/mol. The van der Waals surface area contributed by atoms with Crippen LogP contribution in [0.2, 0.25) is 0 Å². The molecule has 0 aromatic heterocycles. The Hall–Kier alpha value is -3.45. The molecule has 1 fully saturated rings. The number of benzene rings is 2. The molecule has 0 radical (unpaired) electrons. The van der Waals surface area contributed by atoms with E-state index in [9.17, 15) is 14.4 Å². The van der Waals surface area contributed by atoms with Crippen molar-refractivity contribution in [1.82, 2.24) is 10.0 Å². The number of carbonyl (C=O) groups excluding carboxylic acids is 3. The number of hydrogen-bond acceptors (Lipinski definition) is 5. The van der Waals surface area contributed by atoms with Crippen LogP contribution in [0.15, 0.2) is 60.3 Å². The van der Waals surface area contributed by atoms with Gasteiger partial charge in [0.2, 0.25) is 5.91 Å². The lowest BCUT2D eigenvalue weighted by Gasteiger charge is -2.35. The lowest BCUT2D eigenvalue weighted by Crippen LogP contribution is -2.54. The number of nitrogens with zero attached hydrogens (tertiary/aromatic N) is 3. The molecule has 3 aliphatic rings. The van der Waals surface area contributed by atoms with Crippen molar-refractivity contribution in [3.63, 3.8) is 0 Å². The molecule has 0 N–H and O–H groups in total. The van der Waals surface area contributed by atoms with Crippen LogP contribution < -0.4 is 4.90 Å². The summed E-state index contributed by atoms with van der Waals surface area (Å²) in [5.41, 5.74) is 2.21. The van der Waals surface area contributed by atoms with Crippen LogP contribution in [0.3, 0.4) is 0 Å². The zero-order chi connectivity index (χ0) is 21.8. The highest BCUT2D eigenvalue weighted by Gasteiger charge is 2.65. The summed E-state index contributed by atoms with van der Waals surface area (Å²) in [6.45, 7) is 4.59. The second kappa shape index (κ2) is 7.06. The lowest BCUT2D eigenvalue weighted by molar-refractivity contribution is -0.147. The Morgan fingerprint density at radius 2 is 1.90 bits per heavy atom. The third-order valence-corrected chi connectivity index (χ3v) is 6.15. The Morgan fingerprint density at radius 1 is 1.13 bits per heavy atom. The maximum atomic E-state index is 14.2. The Balaban J connectivity index is 1.71. The van der Waals surface area contributed by atoms with E-state index in [1.54, 1.807) is 16.8 Å². The van der Waals surface area contributed by atoms with Crippen LogP contribution in [-0.2, 0) is 31.2 Å². The molecule has 3 heterocycles. The molecule has 0 bridgehead atoms. The Labute approximate surface area is 180 Å². The Kier molecular flexibility index (Phi) is 4.44. The smallest absolute Gasteiger partial charge is 0.338 e. The third-order valence-electron chi connectivity index (χ3n) is 6.15. The van der Waals surface area contributed by atoms with Crippen molar-refractivity contribution in [2.75, 3.05) is 18.1 Å². The van der Waals surface area contributed by atoms with E-state index in [-0.39, 0.29) is 24.0 Å². The summed E-state index contributed by atoms with van der Waals surface area (Å²) in [5, 5.41) is 3.15. The molecule has 1 spiro atoms. The standard InChI is InChI=1S/C24H23N3O4/c1-3-31-22(29)19-15-26-21(28)11-12-27(26)24(19)18-13-16(2)9-10-20(18)25(23(24)30)14-17-7-5-4-6-8-17/h4-10,13,15H,3,11-12,14H2,1-2H3. The minimum Gasteiger partial charge on any atom is -0.463 e. The number of amides is 2. The highest BCUT2D eigenvalue weighted by atomic mass is 16.5. The van der Waals surface area contributed by atoms with Crippen LogP contribution in [0.4, 0.5) is 5.69 Å². The first-order valence-corrected chi connectivity index (χ1v) is 10.4. The van der Waals surface area contributed by atoms with E-state index in [1.165, 1.54) is 11.2 Å². The molecule has 7 nitrogen and oxygen atoms in total. The van der Waals surface area contributed by atoms with Crippen LogP contribution in [0, 0.1) is 6.92 Å². The summed E-state index contributed by atoms with van der Waals surface area (Å²) < 4.78 is 5.32. The fourth-order valence-corrected chi connectivity index (χ4v) is 4.82. The number of anilines is 1. The van der Waals surface area contributed by atoms with Gasteiger partial charge in [0.1, 0.15) is 0 Å². The van der Waals surface area contributed by atoms with Crippen molar-refractivity contribution in [3.05, 3.63) is 77.0 Å². The number of hydrazine groups is 1. The summed E-state index contributed by atoms with van der Waals surface area (Å²) in [7, 11) is 0. The number of fused-ring (bicyclic) bond motifs is 4. The van der Waals surface area contributed by atoms with Gasteiger partial charge in [0.25, 0.3) is 5.91 Å². The molecular formula is C24H23N3O4. The number of hydrogen-bond donors (Lipinski definition) is 0. The van der Waals surface area contributed by atoms with Gasteiger partial charge in [0, 0.05) is 24.7 Å². The van der Waals surface area contributed by atoms with Crippen molar-refractivity contribution >= 4 is 23.5 Å². The van der Waals surface area contributed by atoms with Gasteiger partial charge in [0.15, 0.2) is 5.54 Å². The first-order valence-electron chi connectivity index (χ1n) is 10.4. The number of esters is 1. The van der Waals surface area contributed by atoms with E-state index in [1.807, 2.05) is 55.5 Å². The van der Waals surface area contributed by atoms with Gasteiger partial charge < -0.3 is 9.64 Å². The first kappa shape index (κ1) is 19.5. The maximum Gasteiger partial charge on any atom is 0.338 e. The molecule has 1 saturated heterocycles. The number of aryl methyl sites for hydroxylation is 1. The molecule has 3 aliphatic heterocycles. The van der Waals surface area contributed by atoms with Gasteiger partial charge in [-0.25, -0.2) is 9.80 Å². The fourth-order valence-electron chi connectivity index (χ4n) is 4.82. The summed E-state index contributed by atoms with van der Waals surface area (Å²) in [5.74, 6) is -0.956.